The van der Waals surface area contributed by atoms with Crippen LogP contribution in [-0.2, 0) is 17.6 Å². The van der Waals surface area contributed by atoms with Gasteiger partial charge in [0, 0.05) is 0 Å². The summed E-state index contributed by atoms with van der Waals surface area (Å²) in [6.07, 6.45) is 8.06. The molecule has 2 fully saturated rings. The van der Waals surface area contributed by atoms with Crippen LogP contribution in [0, 0.1) is 17.3 Å². The lowest BCUT2D eigenvalue weighted by molar-refractivity contribution is 0.0881. The summed E-state index contributed by atoms with van der Waals surface area (Å²) in [7, 11) is 0. The fourth-order valence-corrected chi connectivity index (χ4v) is 5.33. The van der Waals surface area contributed by atoms with Crippen molar-refractivity contribution in [2.24, 2.45) is 17.3 Å². The van der Waals surface area contributed by atoms with Crippen LogP contribution in [-0.4, -0.2) is 24.3 Å². The van der Waals surface area contributed by atoms with E-state index in [0.717, 1.165) is 30.9 Å². The van der Waals surface area contributed by atoms with Crippen LogP contribution >= 0.6 is 0 Å². The van der Waals surface area contributed by atoms with E-state index in [-0.39, 0.29) is 11.6 Å². The van der Waals surface area contributed by atoms with Crippen molar-refractivity contribution in [1.82, 2.24) is 5.32 Å². The molecule has 0 spiro atoms. The van der Waals surface area contributed by atoms with Crippen molar-refractivity contribution in [3.05, 3.63) is 29.3 Å². The Morgan fingerprint density at radius 1 is 1.11 bits per heavy atom. The zero-order valence-corrected chi connectivity index (χ0v) is 17.8. The summed E-state index contributed by atoms with van der Waals surface area (Å²) in [6.45, 7) is 9.67. The van der Waals surface area contributed by atoms with Gasteiger partial charge in [-0.2, -0.15) is 0 Å². The summed E-state index contributed by atoms with van der Waals surface area (Å²) in [4.78, 5) is 11.5. The molecule has 1 saturated carbocycles. The van der Waals surface area contributed by atoms with Crippen molar-refractivity contribution in [3.8, 4) is 5.75 Å². The van der Waals surface area contributed by atoms with Gasteiger partial charge in [0.25, 0.3) is 0 Å². The SMILES string of the molecule is CC(C)(C)[C@H]1CC[C@H](Oc2ccc3c(c2)CC[C@H]([C@@]2(C)COC(=O)N2)C3)CC1. The molecule has 4 rings (SSSR count). The zero-order chi connectivity index (χ0) is 19.9. The molecule has 0 radical (unpaired) electrons. The quantitative estimate of drug-likeness (QED) is 0.771. The molecule has 4 nitrogen and oxygen atoms in total. The minimum Gasteiger partial charge on any atom is -0.490 e. The fraction of sp³-hybridized carbons (Fsp3) is 0.708. The Kier molecular flexibility index (Phi) is 5.09. The van der Waals surface area contributed by atoms with Crippen molar-refractivity contribution >= 4 is 6.09 Å². The third kappa shape index (κ3) is 4.01. The number of hydrogen-bond acceptors (Lipinski definition) is 3. The molecule has 28 heavy (non-hydrogen) atoms. The molecule has 1 aromatic carbocycles. The minimum absolute atomic E-state index is 0.240. The van der Waals surface area contributed by atoms with Gasteiger partial charge in [0.05, 0.1) is 11.6 Å². The van der Waals surface area contributed by atoms with Crippen LogP contribution in [0.25, 0.3) is 0 Å². The number of alkyl carbamates (subject to hydrolysis) is 1. The first-order valence-electron chi connectivity index (χ1n) is 11.0. The van der Waals surface area contributed by atoms with E-state index in [1.807, 2.05) is 0 Å². The molecule has 0 unspecified atom stereocenters. The van der Waals surface area contributed by atoms with E-state index in [4.69, 9.17) is 9.47 Å². The number of hydrogen-bond donors (Lipinski definition) is 1. The second kappa shape index (κ2) is 7.27. The summed E-state index contributed by atoms with van der Waals surface area (Å²) in [6, 6.07) is 6.63. The smallest absolute Gasteiger partial charge is 0.407 e. The number of carbonyl (C=O) groups is 1. The number of amides is 1. The first-order chi connectivity index (χ1) is 13.2. The Hall–Kier alpha value is -1.71. The Bertz CT molecular complexity index is 730. The summed E-state index contributed by atoms with van der Waals surface area (Å²) in [5.74, 6) is 2.26. The molecule has 0 bridgehead atoms. The third-order valence-corrected chi connectivity index (χ3v) is 7.40. The molecule has 0 aromatic heterocycles. The maximum atomic E-state index is 11.5. The van der Waals surface area contributed by atoms with Crippen LogP contribution in [0.2, 0.25) is 0 Å². The summed E-state index contributed by atoms with van der Waals surface area (Å²) < 4.78 is 11.5. The number of rotatable bonds is 3. The molecule has 1 aromatic rings. The van der Waals surface area contributed by atoms with Crippen molar-refractivity contribution in [2.75, 3.05) is 6.61 Å². The standard InChI is InChI=1S/C24H35NO3/c1-23(2,3)18-8-11-20(12-9-18)28-21-10-6-16-13-19(7-5-17(16)14-21)24(4)15-27-22(26)25-24/h6,10,14,18-20H,5,7-9,11-13,15H2,1-4H3,(H,25,26)/t18-,19-,20-,24+/m0/s1. The van der Waals surface area contributed by atoms with Crippen LogP contribution in [0.4, 0.5) is 4.79 Å². The van der Waals surface area contributed by atoms with Crippen LogP contribution < -0.4 is 10.1 Å². The van der Waals surface area contributed by atoms with Crippen molar-refractivity contribution in [1.29, 1.82) is 0 Å². The van der Waals surface area contributed by atoms with Gasteiger partial charge in [-0.1, -0.05) is 26.8 Å². The van der Waals surface area contributed by atoms with E-state index in [1.165, 1.54) is 36.8 Å². The number of ether oxygens (including phenoxy) is 2. The molecule has 1 heterocycles. The van der Waals surface area contributed by atoms with E-state index in [2.05, 4.69) is 51.2 Å². The van der Waals surface area contributed by atoms with Gasteiger partial charge < -0.3 is 14.8 Å². The lowest BCUT2D eigenvalue weighted by Gasteiger charge is -2.37. The number of fused-ring (bicyclic) bond motifs is 1. The highest BCUT2D eigenvalue weighted by atomic mass is 16.6. The second-order valence-corrected chi connectivity index (χ2v) is 10.4. The van der Waals surface area contributed by atoms with E-state index < -0.39 is 0 Å². The minimum atomic E-state index is -0.279. The molecular formula is C24H35NO3. The molecule has 2 atom stereocenters. The van der Waals surface area contributed by atoms with E-state index in [1.54, 1.807) is 0 Å². The highest BCUT2D eigenvalue weighted by Crippen LogP contribution is 2.40. The Labute approximate surface area is 169 Å². The monoisotopic (exact) mass is 385 g/mol. The lowest BCUT2D eigenvalue weighted by Crippen LogP contribution is -2.49. The molecule has 154 valence electrons. The highest BCUT2D eigenvalue weighted by molar-refractivity contribution is 5.70. The Morgan fingerprint density at radius 3 is 2.50 bits per heavy atom. The van der Waals surface area contributed by atoms with Crippen molar-refractivity contribution in [2.45, 2.75) is 84.3 Å². The molecule has 1 aliphatic heterocycles. The van der Waals surface area contributed by atoms with Gasteiger partial charge in [0.1, 0.15) is 12.4 Å². The largest absolute Gasteiger partial charge is 0.490 e. The van der Waals surface area contributed by atoms with E-state index in [0.29, 0.717) is 24.0 Å². The van der Waals surface area contributed by atoms with Gasteiger partial charge in [-0.05, 0) is 92.4 Å². The summed E-state index contributed by atoms with van der Waals surface area (Å²) >= 11 is 0. The molecule has 3 aliphatic rings. The first-order valence-corrected chi connectivity index (χ1v) is 11.0. The second-order valence-electron chi connectivity index (χ2n) is 10.4. The zero-order valence-electron chi connectivity index (χ0n) is 17.8. The van der Waals surface area contributed by atoms with E-state index in [9.17, 15) is 4.79 Å². The number of cyclic esters (lactones) is 1. The van der Waals surface area contributed by atoms with Gasteiger partial charge in [0.15, 0.2) is 0 Å². The van der Waals surface area contributed by atoms with Gasteiger partial charge in [-0.3, -0.25) is 0 Å². The average molecular weight is 386 g/mol. The molecule has 4 heteroatoms. The van der Waals surface area contributed by atoms with Gasteiger partial charge in [0.2, 0.25) is 0 Å². The number of nitrogens with one attached hydrogen (secondary N) is 1. The van der Waals surface area contributed by atoms with Gasteiger partial charge in [-0.25, -0.2) is 4.79 Å². The fourth-order valence-electron chi connectivity index (χ4n) is 5.33. The summed E-state index contributed by atoms with van der Waals surface area (Å²) in [5, 5.41) is 3.02. The van der Waals surface area contributed by atoms with Crippen LogP contribution in [0.15, 0.2) is 18.2 Å². The van der Waals surface area contributed by atoms with Crippen LogP contribution in [0.1, 0.15) is 70.9 Å². The summed E-state index contributed by atoms with van der Waals surface area (Å²) in [5.41, 5.74) is 2.97. The van der Waals surface area contributed by atoms with Crippen LogP contribution in [0.3, 0.4) is 0 Å². The topological polar surface area (TPSA) is 47.6 Å². The van der Waals surface area contributed by atoms with Crippen molar-refractivity contribution in [3.63, 3.8) is 0 Å². The van der Waals surface area contributed by atoms with Gasteiger partial charge >= 0.3 is 6.09 Å². The molecule has 2 aliphatic carbocycles. The molecular weight excluding hydrogens is 350 g/mol. The highest BCUT2D eigenvalue weighted by Gasteiger charge is 2.43. The lowest BCUT2D eigenvalue weighted by atomic mass is 9.72. The third-order valence-electron chi connectivity index (χ3n) is 7.40. The first kappa shape index (κ1) is 19.6. The molecule has 1 amide bonds. The number of aryl methyl sites for hydroxylation is 1. The molecule has 1 N–H and O–H groups in total. The maximum absolute atomic E-state index is 11.5. The normalized spacial score (nSPS) is 33.0. The predicted octanol–water partition coefficient (Wildman–Crippen LogP) is 5.27. The van der Waals surface area contributed by atoms with Crippen LogP contribution in [0.5, 0.6) is 5.75 Å². The Morgan fingerprint density at radius 2 is 1.86 bits per heavy atom. The molecule has 1 saturated heterocycles. The predicted molar refractivity (Wildman–Crippen MR) is 111 cm³/mol. The van der Waals surface area contributed by atoms with Crippen molar-refractivity contribution < 1.29 is 14.3 Å². The number of benzene rings is 1. The Balaban J connectivity index is 1.36. The average Bonchev–Trinajstić information content (AvgIpc) is 3.01. The maximum Gasteiger partial charge on any atom is 0.407 e. The number of carbonyl (C=O) groups excluding carboxylic acids is 1. The van der Waals surface area contributed by atoms with E-state index >= 15 is 0 Å². The van der Waals surface area contributed by atoms with Gasteiger partial charge in [-0.15, -0.1) is 0 Å².